The van der Waals surface area contributed by atoms with Crippen molar-refractivity contribution in [2.45, 2.75) is 39.5 Å². The van der Waals surface area contributed by atoms with Gasteiger partial charge in [-0.25, -0.2) is 4.98 Å². The van der Waals surface area contributed by atoms with Gasteiger partial charge in [-0.1, -0.05) is 27.7 Å². The Balaban J connectivity index is 3.24. The van der Waals surface area contributed by atoms with E-state index in [2.05, 4.69) is 9.97 Å². The Morgan fingerprint density at radius 3 is 2.54 bits per heavy atom. The summed E-state index contributed by atoms with van der Waals surface area (Å²) in [5, 5.41) is 0. The van der Waals surface area contributed by atoms with E-state index in [1.165, 1.54) is 0 Å². The molecule has 3 nitrogen and oxygen atoms in total. The van der Waals surface area contributed by atoms with Crippen molar-refractivity contribution in [3.63, 3.8) is 0 Å². The lowest BCUT2D eigenvalue weighted by Gasteiger charge is -2.17. The molecule has 0 aromatic carbocycles. The number of nitrogens with zero attached hydrogens (tertiary/aromatic N) is 1. The van der Waals surface area contributed by atoms with Gasteiger partial charge >= 0.3 is 0 Å². The van der Waals surface area contributed by atoms with Crippen molar-refractivity contribution < 1.29 is 0 Å². The summed E-state index contributed by atoms with van der Waals surface area (Å²) in [6, 6.07) is 1.55. The largest absolute Gasteiger partial charge is 0.310 e. The van der Waals surface area contributed by atoms with Gasteiger partial charge in [0.05, 0.1) is 0 Å². The van der Waals surface area contributed by atoms with E-state index in [-0.39, 0.29) is 11.0 Å². The Labute approximate surface area is 78.2 Å². The van der Waals surface area contributed by atoms with Crippen LogP contribution in [0.25, 0.3) is 0 Å². The molecular weight excluding hydrogens is 164 g/mol. The third-order valence-corrected chi connectivity index (χ3v) is 1.87. The minimum atomic E-state index is -0.0929. The molecule has 0 aliphatic rings. The highest BCUT2D eigenvalue weighted by molar-refractivity contribution is 5.08. The first-order valence-electron chi connectivity index (χ1n) is 4.54. The number of hydrogen-bond acceptors (Lipinski definition) is 2. The van der Waals surface area contributed by atoms with Gasteiger partial charge in [-0.3, -0.25) is 4.79 Å². The van der Waals surface area contributed by atoms with Crippen LogP contribution in [0.1, 0.15) is 39.2 Å². The second-order valence-corrected chi connectivity index (χ2v) is 4.19. The number of hydrogen-bond donors (Lipinski definition) is 1. The summed E-state index contributed by atoms with van der Waals surface area (Å²) >= 11 is 0. The van der Waals surface area contributed by atoms with E-state index in [1.54, 1.807) is 6.07 Å². The highest BCUT2D eigenvalue weighted by Crippen LogP contribution is 2.16. The quantitative estimate of drug-likeness (QED) is 0.714. The second-order valence-electron chi connectivity index (χ2n) is 4.19. The van der Waals surface area contributed by atoms with E-state index >= 15 is 0 Å². The van der Waals surface area contributed by atoms with Gasteiger partial charge in [0, 0.05) is 17.2 Å². The molecule has 1 aromatic heterocycles. The Morgan fingerprint density at radius 1 is 1.46 bits per heavy atom. The van der Waals surface area contributed by atoms with Crippen molar-refractivity contribution in [3.05, 3.63) is 27.9 Å². The van der Waals surface area contributed by atoms with Crippen molar-refractivity contribution in [2.75, 3.05) is 0 Å². The Hall–Kier alpha value is -1.12. The molecule has 3 heteroatoms. The molecule has 0 saturated heterocycles. The summed E-state index contributed by atoms with van der Waals surface area (Å²) < 4.78 is 0. The van der Waals surface area contributed by atoms with Crippen molar-refractivity contribution in [1.29, 1.82) is 0 Å². The number of H-pyrrole nitrogens is 1. The van der Waals surface area contributed by atoms with Crippen LogP contribution in [0.4, 0.5) is 0 Å². The molecule has 0 aliphatic carbocycles. The van der Waals surface area contributed by atoms with Crippen LogP contribution in [0.5, 0.6) is 0 Å². The van der Waals surface area contributed by atoms with Gasteiger partial charge in [0.2, 0.25) is 0 Å². The summed E-state index contributed by atoms with van der Waals surface area (Å²) in [7, 11) is 0. The molecule has 0 radical (unpaired) electrons. The van der Waals surface area contributed by atoms with Crippen LogP contribution >= 0.6 is 0 Å². The minimum Gasteiger partial charge on any atom is -0.310 e. The first-order valence-corrected chi connectivity index (χ1v) is 4.54. The van der Waals surface area contributed by atoms with Crippen LogP contribution in [-0.4, -0.2) is 9.97 Å². The Bertz CT molecular complexity index is 347. The van der Waals surface area contributed by atoms with Crippen LogP contribution in [0.15, 0.2) is 10.9 Å². The van der Waals surface area contributed by atoms with E-state index in [4.69, 9.17) is 0 Å². The van der Waals surface area contributed by atoms with Gasteiger partial charge in [-0.15, -0.1) is 0 Å². The average molecular weight is 180 g/mol. The van der Waals surface area contributed by atoms with Crippen LogP contribution in [0, 0.1) is 0 Å². The van der Waals surface area contributed by atoms with E-state index in [0.717, 1.165) is 17.9 Å². The zero-order valence-electron chi connectivity index (χ0n) is 8.64. The molecule has 0 bridgehead atoms. The lowest BCUT2D eigenvalue weighted by atomic mass is 9.95. The highest BCUT2D eigenvalue weighted by Gasteiger charge is 2.16. The fraction of sp³-hybridized carbons (Fsp3) is 0.600. The van der Waals surface area contributed by atoms with Crippen molar-refractivity contribution in [1.82, 2.24) is 9.97 Å². The third-order valence-electron chi connectivity index (χ3n) is 1.87. The predicted octanol–water partition coefficient (Wildman–Crippen LogP) is 1.63. The van der Waals surface area contributed by atoms with E-state index < -0.39 is 0 Å². The molecule has 0 atom stereocenters. The fourth-order valence-corrected chi connectivity index (χ4v) is 1.04. The first-order chi connectivity index (χ1) is 5.93. The normalized spacial score (nSPS) is 11.7. The summed E-state index contributed by atoms with van der Waals surface area (Å²) in [6.07, 6.45) is 0.799. The molecule has 1 aromatic rings. The van der Waals surface area contributed by atoms with Gasteiger partial charge in [-0.2, -0.15) is 0 Å². The molecule has 1 heterocycles. The lowest BCUT2D eigenvalue weighted by molar-refractivity contribution is 0.539. The van der Waals surface area contributed by atoms with Gasteiger partial charge in [0.15, 0.2) is 0 Å². The maximum absolute atomic E-state index is 11.2. The SMILES string of the molecule is CCc1cc(=O)[nH]c(C(C)(C)C)n1. The fourth-order valence-electron chi connectivity index (χ4n) is 1.04. The smallest absolute Gasteiger partial charge is 0.251 e. The summed E-state index contributed by atoms with van der Waals surface area (Å²) in [5.41, 5.74) is 0.704. The molecule has 72 valence electrons. The predicted molar refractivity (Wildman–Crippen MR) is 52.9 cm³/mol. The zero-order chi connectivity index (χ0) is 10.1. The number of aryl methyl sites for hydroxylation is 1. The maximum Gasteiger partial charge on any atom is 0.251 e. The Kier molecular flexibility index (Phi) is 2.55. The van der Waals surface area contributed by atoms with Gasteiger partial charge in [0.1, 0.15) is 5.82 Å². The summed E-state index contributed by atoms with van der Waals surface area (Å²) in [4.78, 5) is 18.3. The molecule has 0 saturated carbocycles. The van der Waals surface area contributed by atoms with E-state index in [0.29, 0.717) is 0 Å². The molecule has 1 N–H and O–H groups in total. The number of aromatic amines is 1. The van der Waals surface area contributed by atoms with Crippen molar-refractivity contribution in [2.24, 2.45) is 0 Å². The summed E-state index contributed by atoms with van der Waals surface area (Å²) in [6.45, 7) is 8.09. The van der Waals surface area contributed by atoms with E-state index in [9.17, 15) is 4.79 Å². The number of rotatable bonds is 1. The Morgan fingerprint density at radius 2 is 2.08 bits per heavy atom. The first kappa shape index (κ1) is 9.96. The van der Waals surface area contributed by atoms with Crippen molar-refractivity contribution >= 4 is 0 Å². The summed E-state index contributed by atoms with van der Waals surface area (Å²) in [5.74, 6) is 0.761. The zero-order valence-corrected chi connectivity index (χ0v) is 8.64. The third kappa shape index (κ3) is 2.41. The highest BCUT2D eigenvalue weighted by atomic mass is 16.1. The second kappa shape index (κ2) is 3.32. The van der Waals surface area contributed by atoms with Crippen LogP contribution in [0.3, 0.4) is 0 Å². The van der Waals surface area contributed by atoms with E-state index in [1.807, 2.05) is 27.7 Å². The molecule has 1 rings (SSSR count). The molecule has 0 unspecified atom stereocenters. The standard InChI is InChI=1S/C10H16N2O/c1-5-7-6-8(13)12-9(11-7)10(2,3)4/h6H,5H2,1-4H3,(H,11,12,13). The maximum atomic E-state index is 11.2. The van der Waals surface area contributed by atoms with Gasteiger partial charge in [-0.05, 0) is 6.42 Å². The number of aromatic nitrogens is 2. The van der Waals surface area contributed by atoms with Gasteiger partial charge in [0.25, 0.3) is 5.56 Å². The van der Waals surface area contributed by atoms with Crippen LogP contribution in [-0.2, 0) is 11.8 Å². The molecule has 0 spiro atoms. The van der Waals surface area contributed by atoms with Gasteiger partial charge < -0.3 is 4.98 Å². The monoisotopic (exact) mass is 180 g/mol. The van der Waals surface area contributed by atoms with Crippen LogP contribution in [0.2, 0.25) is 0 Å². The topological polar surface area (TPSA) is 45.8 Å². The van der Waals surface area contributed by atoms with Crippen LogP contribution < -0.4 is 5.56 Å². The molecule has 0 fully saturated rings. The molecule has 13 heavy (non-hydrogen) atoms. The van der Waals surface area contributed by atoms with Crippen molar-refractivity contribution in [3.8, 4) is 0 Å². The lowest BCUT2D eigenvalue weighted by Crippen LogP contribution is -2.22. The molecule has 0 amide bonds. The minimum absolute atomic E-state index is 0.0585. The molecular formula is C10H16N2O. The average Bonchev–Trinajstić information content (AvgIpc) is 2.01. The number of nitrogens with one attached hydrogen (secondary N) is 1. The molecule has 0 aliphatic heterocycles.